The summed E-state index contributed by atoms with van der Waals surface area (Å²) in [7, 11) is 0. The Morgan fingerprint density at radius 2 is 1.95 bits per heavy atom. The zero-order valence-corrected chi connectivity index (χ0v) is 13.0. The third-order valence-corrected chi connectivity index (χ3v) is 4.64. The Morgan fingerprint density at radius 1 is 1.15 bits per heavy atom. The minimum atomic E-state index is 0.214. The van der Waals surface area contributed by atoms with Crippen molar-refractivity contribution >= 4 is 28.4 Å². The highest BCUT2D eigenvalue weighted by atomic mass is 32.1. The smallest absolute Gasteiger partial charge is 0.123 e. The van der Waals surface area contributed by atoms with Gasteiger partial charge in [-0.2, -0.15) is 0 Å². The van der Waals surface area contributed by atoms with Crippen LogP contribution in [0.15, 0.2) is 41.2 Å². The molecule has 3 nitrogen and oxygen atoms in total. The van der Waals surface area contributed by atoms with E-state index < -0.39 is 0 Å². The van der Waals surface area contributed by atoms with E-state index in [1.807, 2.05) is 18.5 Å². The lowest BCUT2D eigenvalue weighted by molar-refractivity contribution is 0.845. The third-order valence-electron chi connectivity index (χ3n) is 3.03. The average Bonchev–Trinajstić information content (AvgIpc) is 3.10. The minimum Gasteiger partial charge on any atom is -0.377 e. The molecule has 102 valence electrons. The van der Waals surface area contributed by atoms with Gasteiger partial charge in [-0.3, -0.25) is 0 Å². The summed E-state index contributed by atoms with van der Waals surface area (Å²) in [5, 5.41) is 9.73. The molecule has 2 aromatic heterocycles. The maximum atomic E-state index is 4.51. The number of hydrogen-bond acceptors (Lipinski definition) is 5. The Bertz CT molecular complexity index is 671. The number of aryl methyl sites for hydroxylation is 1. The Morgan fingerprint density at radius 3 is 2.55 bits per heavy atom. The van der Waals surface area contributed by atoms with Gasteiger partial charge in [0.2, 0.25) is 0 Å². The van der Waals surface area contributed by atoms with E-state index in [4.69, 9.17) is 0 Å². The molecule has 0 bridgehead atoms. The van der Waals surface area contributed by atoms with Crippen molar-refractivity contribution in [1.29, 1.82) is 0 Å². The first kappa shape index (κ1) is 13.3. The lowest BCUT2D eigenvalue weighted by atomic mass is 10.2. The minimum absolute atomic E-state index is 0.214. The van der Waals surface area contributed by atoms with Crippen LogP contribution in [0.3, 0.4) is 0 Å². The number of rotatable bonds is 4. The molecule has 0 amide bonds. The van der Waals surface area contributed by atoms with Crippen LogP contribution in [0.1, 0.15) is 23.7 Å². The molecular formula is C15H15N3S2. The molecule has 0 saturated heterocycles. The third kappa shape index (κ3) is 2.89. The second kappa shape index (κ2) is 5.73. The fourth-order valence-corrected chi connectivity index (χ4v) is 3.33. The Kier molecular flexibility index (Phi) is 3.80. The standard InChI is InChI=1S/C15H15N3S2/c1-10(14-9-20-11(2)18-14)17-13-5-3-12(4-6-13)15-16-7-8-19-15/h3-10,17H,1-2H3. The van der Waals surface area contributed by atoms with Gasteiger partial charge in [-0.25, -0.2) is 9.97 Å². The molecule has 1 unspecified atom stereocenters. The zero-order chi connectivity index (χ0) is 13.9. The summed E-state index contributed by atoms with van der Waals surface area (Å²) < 4.78 is 0. The van der Waals surface area contributed by atoms with Gasteiger partial charge in [-0.1, -0.05) is 0 Å². The Balaban J connectivity index is 1.72. The highest BCUT2D eigenvalue weighted by Crippen LogP contribution is 2.25. The molecule has 0 radical (unpaired) electrons. The number of thiazole rings is 2. The molecular weight excluding hydrogens is 286 g/mol. The molecule has 0 aliphatic rings. The topological polar surface area (TPSA) is 37.8 Å². The van der Waals surface area contributed by atoms with E-state index in [9.17, 15) is 0 Å². The summed E-state index contributed by atoms with van der Waals surface area (Å²) in [4.78, 5) is 8.83. The van der Waals surface area contributed by atoms with Crippen LogP contribution in [0.2, 0.25) is 0 Å². The number of nitrogens with one attached hydrogen (secondary N) is 1. The van der Waals surface area contributed by atoms with Crippen molar-refractivity contribution in [3.8, 4) is 10.6 Å². The largest absolute Gasteiger partial charge is 0.377 e. The van der Waals surface area contributed by atoms with Gasteiger partial charge in [0, 0.05) is 28.2 Å². The number of benzene rings is 1. The fraction of sp³-hybridized carbons (Fsp3) is 0.200. The molecule has 20 heavy (non-hydrogen) atoms. The quantitative estimate of drug-likeness (QED) is 0.755. The molecule has 0 aliphatic carbocycles. The molecule has 1 atom stereocenters. The van der Waals surface area contributed by atoms with E-state index in [0.717, 1.165) is 27.0 Å². The summed E-state index contributed by atoms with van der Waals surface area (Å²) in [5.74, 6) is 0. The highest BCUT2D eigenvalue weighted by molar-refractivity contribution is 7.13. The van der Waals surface area contributed by atoms with Crippen LogP contribution < -0.4 is 5.32 Å². The van der Waals surface area contributed by atoms with Crippen molar-refractivity contribution in [2.75, 3.05) is 5.32 Å². The lowest BCUT2D eigenvalue weighted by Gasteiger charge is -2.13. The van der Waals surface area contributed by atoms with Crippen LogP contribution in [0.5, 0.6) is 0 Å². The van der Waals surface area contributed by atoms with Gasteiger partial charge in [0.05, 0.1) is 16.7 Å². The normalized spacial score (nSPS) is 12.3. The first-order valence-corrected chi connectivity index (χ1v) is 8.17. The van der Waals surface area contributed by atoms with Gasteiger partial charge in [0.15, 0.2) is 0 Å². The predicted octanol–water partition coefficient (Wildman–Crippen LogP) is 4.75. The van der Waals surface area contributed by atoms with Gasteiger partial charge in [0.25, 0.3) is 0 Å². The van der Waals surface area contributed by atoms with Crippen molar-refractivity contribution in [2.24, 2.45) is 0 Å². The maximum absolute atomic E-state index is 4.51. The first-order chi connectivity index (χ1) is 9.72. The summed E-state index contributed by atoms with van der Waals surface area (Å²) in [6, 6.07) is 8.59. The van der Waals surface area contributed by atoms with Crippen LogP contribution >= 0.6 is 22.7 Å². The van der Waals surface area contributed by atoms with Crippen LogP contribution in [0.4, 0.5) is 5.69 Å². The van der Waals surface area contributed by atoms with Crippen LogP contribution in [-0.4, -0.2) is 9.97 Å². The van der Waals surface area contributed by atoms with Gasteiger partial charge < -0.3 is 5.32 Å². The van der Waals surface area contributed by atoms with Crippen molar-refractivity contribution in [3.63, 3.8) is 0 Å². The Hall–Kier alpha value is -1.72. The molecule has 0 spiro atoms. The number of nitrogens with zero attached hydrogens (tertiary/aromatic N) is 2. The molecule has 0 saturated carbocycles. The van der Waals surface area contributed by atoms with Crippen LogP contribution in [-0.2, 0) is 0 Å². The highest BCUT2D eigenvalue weighted by Gasteiger charge is 2.09. The molecule has 1 N–H and O–H groups in total. The average molecular weight is 301 g/mol. The van der Waals surface area contributed by atoms with E-state index in [-0.39, 0.29) is 6.04 Å². The van der Waals surface area contributed by atoms with Gasteiger partial charge >= 0.3 is 0 Å². The van der Waals surface area contributed by atoms with Crippen LogP contribution in [0, 0.1) is 6.92 Å². The van der Waals surface area contributed by atoms with Crippen molar-refractivity contribution < 1.29 is 0 Å². The molecule has 0 aliphatic heterocycles. The number of anilines is 1. The van der Waals surface area contributed by atoms with Crippen LogP contribution in [0.25, 0.3) is 10.6 Å². The fourth-order valence-electron chi connectivity index (χ4n) is 1.98. The zero-order valence-electron chi connectivity index (χ0n) is 11.3. The van der Waals surface area contributed by atoms with E-state index in [0.29, 0.717) is 0 Å². The molecule has 3 rings (SSSR count). The Labute approximate surface area is 126 Å². The summed E-state index contributed by atoms with van der Waals surface area (Å²) in [6.07, 6.45) is 1.83. The lowest BCUT2D eigenvalue weighted by Crippen LogP contribution is -2.06. The molecule has 1 aromatic carbocycles. The van der Waals surface area contributed by atoms with Crippen molar-refractivity contribution in [1.82, 2.24) is 9.97 Å². The van der Waals surface area contributed by atoms with E-state index in [2.05, 4.69) is 51.9 Å². The van der Waals surface area contributed by atoms with Gasteiger partial charge in [0.1, 0.15) is 5.01 Å². The molecule has 2 heterocycles. The van der Waals surface area contributed by atoms with E-state index in [1.54, 1.807) is 22.7 Å². The van der Waals surface area contributed by atoms with E-state index in [1.165, 1.54) is 0 Å². The first-order valence-electron chi connectivity index (χ1n) is 6.41. The SMILES string of the molecule is Cc1nc(C(C)Nc2ccc(-c3nccs3)cc2)cs1. The number of aromatic nitrogens is 2. The van der Waals surface area contributed by atoms with Crippen molar-refractivity contribution in [3.05, 3.63) is 51.9 Å². The second-order valence-electron chi connectivity index (χ2n) is 4.57. The second-order valence-corrected chi connectivity index (χ2v) is 6.53. The predicted molar refractivity (Wildman–Crippen MR) is 86.4 cm³/mol. The van der Waals surface area contributed by atoms with Gasteiger partial charge in [-0.05, 0) is 38.1 Å². The number of hydrogen-bond donors (Lipinski definition) is 1. The monoisotopic (exact) mass is 301 g/mol. The molecule has 0 fully saturated rings. The summed E-state index contributed by atoms with van der Waals surface area (Å²) in [5.41, 5.74) is 3.35. The molecule has 3 aromatic rings. The van der Waals surface area contributed by atoms with Gasteiger partial charge in [-0.15, -0.1) is 22.7 Å². The summed E-state index contributed by atoms with van der Waals surface area (Å²) >= 11 is 3.34. The van der Waals surface area contributed by atoms with E-state index >= 15 is 0 Å². The molecule has 5 heteroatoms. The van der Waals surface area contributed by atoms with Crippen molar-refractivity contribution in [2.45, 2.75) is 19.9 Å². The maximum Gasteiger partial charge on any atom is 0.123 e. The summed E-state index contributed by atoms with van der Waals surface area (Å²) in [6.45, 7) is 4.16.